The smallest absolute Gasteiger partial charge is 0.339 e. The Morgan fingerprint density at radius 1 is 1.15 bits per heavy atom. The predicted molar refractivity (Wildman–Crippen MR) is 99.8 cm³/mol. The second-order valence-corrected chi connectivity index (χ2v) is 6.40. The highest BCUT2D eigenvalue weighted by atomic mass is 19.1. The van der Waals surface area contributed by atoms with E-state index in [4.69, 9.17) is 4.74 Å². The van der Waals surface area contributed by atoms with E-state index in [0.717, 1.165) is 18.1 Å². The first-order valence-electron chi connectivity index (χ1n) is 8.70. The molecule has 2 rings (SSSR count). The lowest BCUT2D eigenvalue weighted by atomic mass is 9.97. The number of esters is 1. The van der Waals surface area contributed by atoms with Gasteiger partial charge in [0, 0.05) is 5.69 Å². The number of anilines is 1. The highest BCUT2D eigenvalue weighted by Gasteiger charge is 2.21. The van der Waals surface area contributed by atoms with Crippen LogP contribution < -0.4 is 5.32 Å². The summed E-state index contributed by atoms with van der Waals surface area (Å²) < 4.78 is 18.8. The number of halogens is 1. The molecule has 0 bridgehead atoms. The molecule has 2 aromatic carbocycles. The van der Waals surface area contributed by atoms with Crippen LogP contribution in [0.4, 0.5) is 10.1 Å². The molecule has 138 valence electrons. The predicted octanol–water partition coefficient (Wildman–Crippen LogP) is 4.83. The molecule has 0 radical (unpaired) electrons. The molecule has 0 heterocycles. The van der Waals surface area contributed by atoms with Crippen molar-refractivity contribution in [2.45, 2.75) is 46.1 Å². The van der Waals surface area contributed by atoms with Gasteiger partial charge in [-0.1, -0.05) is 38.1 Å². The monoisotopic (exact) mass is 357 g/mol. The minimum atomic E-state index is -1.00. The normalized spacial score (nSPS) is 13.0. The SMILES string of the molecule is CC[C@@H](C)c1ccccc1NC(=O)[C@H](C)OC(=O)c1ccc(C)c(F)c1. The molecule has 0 spiro atoms. The molecule has 0 aliphatic heterocycles. The molecular formula is C21H24FNO3. The van der Waals surface area contributed by atoms with Gasteiger partial charge in [0.05, 0.1) is 5.56 Å². The number of hydrogen-bond donors (Lipinski definition) is 1. The van der Waals surface area contributed by atoms with Crippen molar-refractivity contribution in [3.63, 3.8) is 0 Å². The maximum Gasteiger partial charge on any atom is 0.339 e. The Labute approximate surface area is 153 Å². The number of benzene rings is 2. The van der Waals surface area contributed by atoms with Crippen LogP contribution in [0.1, 0.15) is 54.6 Å². The summed E-state index contributed by atoms with van der Waals surface area (Å²) >= 11 is 0. The van der Waals surface area contributed by atoms with Crippen molar-refractivity contribution in [1.29, 1.82) is 0 Å². The fourth-order valence-corrected chi connectivity index (χ4v) is 2.50. The first-order chi connectivity index (χ1) is 12.3. The Balaban J connectivity index is 2.06. The number of ether oxygens (including phenoxy) is 1. The summed E-state index contributed by atoms with van der Waals surface area (Å²) in [5, 5.41) is 2.81. The molecule has 1 amide bonds. The number of para-hydroxylation sites is 1. The summed E-state index contributed by atoms with van der Waals surface area (Å²) in [5.74, 6) is -1.36. The maximum atomic E-state index is 13.6. The number of rotatable bonds is 6. The van der Waals surface area contributed by atoms with Crippen molar-refractivity contribution in [3.8, 4) is 0 Å². The lowest BCUT2D eigenvalue weighted by molar-refractivity contribution is -0.123. The zero-order chi connectivity index (χ0) is 19.3. The Hall–Kier alpha value is -2.69. The Kier molecular flexibility index (Phi) is 6.50. The van der Waals surface area contributed by atoms with Gasteiger partial charge in [0.15, 0.2) is 6.10 Å². The van der Waals surface area contributed by atoms with Gasteiger partial charge in [-0.2, -0.15) is 0 Å². The molecule has 0 aliphatic carbocycles. The summed E-state index contributed by atoms with van der Waals surface area (Å²) in [4.78, 5) is 24.5. The van der Waals surface area contributed by atoms with E-state index in [1.54, 1.807) is 6.92 Å². The van der Waals surface area contributed by atoms with Crippen LogP contribution in [0, 0.1) is 12.7 Å². The third-order valence-corrected chi connectivity index (χ3v) is 4.42. The first kappa shape index (κ1) is 19.6. The molecule has 0 aliphatic rings. The summed E-state index contributed by atoms with van der Waals surface area (Å²) in [5.41, 5.74) is 2.25. The van der Waals surface area contributed by atoms with Crippen molar-refractivity contribution in [1.82, 2.24) is 0 Å². The minimum Gasteiger partial charge on any atom is -0.449 e. The number of nitrogens with one attached hydrogen (secondary N) is 1. The van der Waals surface area contributed by atoms with E-state index in [9.17, 15) is 14.0 Å². The van der Waals surface area contributed by atoms with E-state index in [1.165, 1.54) is 19.1 Å². The van der Waals surface area contributed by atoms with Crippen LogP contribution >= 0.6 is 0 Å². The molecule has 26 heavy (non-hydrogen) atoms. The van der Waals surface area contributed by atoms with Gasteiger partial charge in [0.25, 0.3) is 5.91 Å². The van der Waals surface area contributed by atoms with Crippen molar-refractivity contribution >= 4 is 17.6 Å². The van der Waals surface area contributed by atoms with Crippen LogP contribution in [0.15, 0.2) is 42.5 Å². The zero-order valence-electron chi connectivity index (χ0n) is 15.5. The number of hydrogen-bond acceptors (Lipinski definition) is 3. The van der Waals surface area contributed by atoms with Crippen molar-refractivity contribution in [2.24, 2.45) is 0 Å². The molecule has 2 atom stereocenters. The van der Waals surface area contributed by atoms with Gasteiger partial charge < -0.3 is 10.1 Å². The Morgan fingerprint density at radius 2 is 1.85 bits per heavy atom. The maximum absolute atomic E-state index is 13.6. The summed E-state index contributed by atoms with van der Waals surface area (Å²) in [6.45, 7) is 7.26. The van der Waals surface area contributed by atoms with E-state index in [2.05, 4.69) is 19.2 Å². The highest BCUT2D eigenvalue weighted by Crippen LogP contribution is 2.26. The highest BCUT2D eigenvalue weighted by molar-refractivity contribution is 5.97. The molecule has 4 nitrogen and oxygen atoms in total. The van der Waals surface area contributed by atoms with E-state index < -0.39 is 23.8 Å². The molecule has 0 fully saturated rings. The number of amides is 1. The van der Waals surface area contributed by atoms with Crippen molar-refractivity contribution in [3.05, 3.63) is 65.0 Å². The van der Waals surface area contributed by atoms with Crippen LogP contribution in [0.2, 0.25) is 0 Å². The average Bonchev–Trinajstić information content (AvgIpc) is 2.63. The second kappa shape index (κ2) is 8.61. The molecule has 5 heteroatoms. The van der Waals surface area contributed by atoms with Gasteiger partial charge in [-0.05, 0) is 55.5 Å². The van der Waals surface area contributed by atoms with E-state index >= 15 is 0 Å². The number of aryl methyl sites for hydroxylation is 1. The Morgan fingerprint density at radius 3 is 2.50 bits per heavy atom. The van der Waals surface area contributed by atoms with Gasteiger partial charge in [0.1, 0.15) is 5.82 Å². The average molecular weight is 357 g/mol. The quantitative estimate of drug-likeness (QED) is 0.753. The van der Waals surface area contributed by atoms with Crippen LogP contribution in [0.3, 0.4) is 0 Å². The van der Waals surface area contributed by atoms with Gasteiger partial charge in [-0.3, -0.25) is 4.79 Å². The van der Waals surface area contributed by atoms with Crippen molar-refractivity contribution < 1.29 is 18.7 Å². The van der Waals surface area contributed by atoms with Crippen LogP contribution in [-0.2, 0) is 9.53 Å². The van der Waals surface area contributed by atoms with Crippen LogP contribution in [-0.4, -0.2) is 18.0 Å². The largest absolute Gasteiger partial charge is 0.449 e. The van der Waals surface area contributed by atoms with E-state index in [-0.39, 0.29) is 5.56 Å². The molecule has 2 aromatic rings. The lowest BCUT2D eigenvalue weighted by Crippen LogP contribution is -2.30. The molecular weight excluding hydrogens is 333 g/mol. The van der Waals surface area contributed by atoms with Gasteiger partial charge in [-0.25, -0.2) is 9.18 Å². The molecule has 1 N–H and O–H groups in total. The van der Waals surface area contributed by atoms with Crippen molar-refractivity contribution in [2.75, 3.05) is 5.32 Å². The second-order valence-electron chi connectivity index (χ2n) is 6.40. The fraction of sp³-hybridized carbons (Fsp3) is 0.333. The Bertz CT molecular complexity index is 804. The standard InChI is InChI=1S/C21H24FNO3/c1-5-13(2)17-8-6-7-9-19(17)23-20(24)15(4)26-21(25)16-11-10-14(3)18(22)12-16/h6-13,15H,5H2,1-4H3,(H,23,24)/t13-,15+/m1/s1. The summed E-state index contributed by atoms with van der Waals surface area (Å²) in [6.07, 6.45) is -0.0620. The lowest BCUT2D eigenvalue weighted by Gasteiger charge is -2.18. The summed E-state index contributed by atoms with van der Waals surface area (Å²) in [7, 11) is 0. The number of carbonyl (C=O) groups excluding carboxylic acids is 2. The van der Waals surface area contributed by atoms with Crippen LogP contribution in [0.25, 0.3) is 0 Å². The summed E-state index contributed by atoms with van der Waals surface area (Å²) in [6, 6.07) is 11.6. The van der Waals surface area contributed by atoms with Gasteiger partial charge in [-0.15, -0.1) is 0 Å². The van der Waals surface area contributed by atoms with Gasteiger partial charge in [0.2, 0.25) is 0 Å². The third kappa shape index (κ3) is 4.69. The van der Waals surface area contributed by atoms with E-state index in [0.29, 0.717) is 17.2 Å². The fourth-order valence-electron chi connectivity index (χ4n) is 2.50. The molecule has 0 saturated heterocycles. The van der Waals surface area contributed by atoms with E-state index in [1.807, 2.05) is 24.3 Å². The zero-order valence-corrected chi connectivity index (χ0v) is 15.5. The molecule has 0 unspecified atom stereocenters. The molecule has 0 aromatic heterocycles. The van der Waals surface area contributed by atoms with Gasteiger partial charge >= 0.3 is 5.97 Å². The minimum absolute atomic E-state index is 0.0766. The number of carbonyl (C=O) groups is 2. The third-order valence-electron chi connectivity index (χ3n) is 4.42. The topological polar surface area (TPSA) is 55.4 Å². The molecule has 0 saturated carbocycles. The van der Waals surface area contributed by atoms with Crippen LogP contribution in [0.5, 0.6) is 0 Å². The first-order valence-corrected chi connectivity index (χ1v) is 8.70.